The Bertz CT molecular complexity index is 870. The Balaban J connectivity index is 2.22. The molecule has 9 nitrogen and oxygen atoms in total. The Morgan fingerprint density at radius 3 is 2.61 bits per heavy atom. The number of piperidine rings is 1. The lowest BCUT2D eigenvalue weighted by Gasteiger charge is -2.31. The first-order chi connectivity index (χ1) is 10.9. The minimum Gasteiger partial charge on any atom is -0.480 e. The average Bonchev–Trinajstić information content (AvgIpc) is 2.85. The molecule has 1 aliphatic rings. The molecule has 0 bridgehead atoms. The predicted octanol–water partition coefficient (Wildman–Crippen LogP) is -0.256. The molecule has 0 unspecified atom stereocenters. The van der Waals surface area contributed by atoms with E-state index in [1.807, 2.05) is 4.90 Å². The molecule has 1 aliphatic heterocycles. The maximum absolute atomic E-state index is 12.2. The summed E-state index contributed by atoms with van der Waals surface area (Å²) in [7, 11) is 1.50. The molecular weight excluding hydrogens is 302 g/mol. The van der Waals surface area contributed by atoms with Crippen LogP contribution in [0, 0.1) is 5.92 Å². The normalized spacial score (nSPS) is 16.2. The number of aliphatic carboxylic acids is 1. The largest absolute Gasteiger partial charge is 0.480 e. The van der Waals surface area contributed by atoms with Crippen LogP contribution < -0.4 is 16.1 Å². The third kappa shape index (κ3) is 2.62. The lowest BCUT2D eigenvalue weighted by atomic mass is 10.00. The summed E-state index contributed by atoms with van der Waals surface area (Å²) in [5.41, 5.74) is -0.869. The van der Waals surface area contributed by atoms with Crippen LogP contribution in [-0.2, 0) is 18.4 Å². The van der Waals surface area contributed by atoms with Crippen LogP contribution in [0.15, 0.2) is 9.59 Å². The van der Waals surface area contributed by atoms with E-state index < -0.39 is 17.2 Å². The molecule has 1 saturated heterocycles. The van der Waals surface area contributed by atoms with Gasteiger partial charge in [0.2, 0.25) is 5.95 Å². The lowest BCUT2D eigenvalue weighted by Crippen LogP contribution is -2.35. The number of carboxylic acid groups (broad SMARTS) is 1. The minimum atomic E-state index is -1.07. The van der Waals surface area contributed by atoms with E-state index in [2.05, 4.69) is 16.9 Å². The van der Waals surface area contributed by atoms with E-state index >= 15 is 0 Å². The van der Waals surface area contributed by atoms with Crippen LogP contribution in [0.1, 0.15) is 19.8 Å². The Hall–Kier alpha value is -2.58. The van der Waals surface area contributed by atoms with Gasteiger partial charge in [-0.05, 0) is 18.8 Å². The molecule has 23 heavy (non-hydrogen) atoms. The molecule has 0 radical (unpaired) electrons. The molecule has 3 rings (SSSR count). The van der Waals surface area contributed by atoms with Crippen LogP contribution in [0.5, 0.6) is 0 Å². The molecule has 1 fully saturated rings. The molecule has 0 saturated carbocycles. The van der Waals surface area contributed by atoms with Crippen LogP contribution in [0.4, 0.5) is 5.95 Å². The second kappa shape index (κ2) is 5.56. The summed E-state index contributed by atoms with van der Waals surface area (Å²) in [5.74, 6) is -0.0264. The highest BCUT2D eigenvalue weighted by Crippen LogP contribution is 2.24. The molecule has 2 N–H and O–H groups in total. The van der Waals surface area contributed by atoms with Gasteiger partial charge in [0, 0.05) is 20.1 Å². The third-order valence-corrected chi connectivity index (χ3v) is 4.35. The highest BCUT2D eigenvalue weighted by atomic mass is 16.4. The van der Waals surface area contributed by atoms with Gasteiger partial charge in [0.05, 0.1) is 0 Å². The number of hydrogen-bond acceptors (Lipinski definition) is 5. The van der Waals surface area contributed by atoms with Gasteiger partial charge in [0.15, 0.2) is 11.2 Å². The maximum Gasteiger partial charge on any atom is 0.329 e. The number of aryl methyl sites for hydroxylation is 1. The van der Waals surface area contributed by atoms with Gasteiger partial charge < -0.3 is 10.0 Å². The zero-order chi connectivity index (χ0) is 16.7. The highest BCUT2D eigenvalue weighted by Gasteiger charge is 2.25. The smallest absolute Gasteiger partial charge is 0.329 e. The van der Waals surface area contributed by atoms with E-state index in [0.717, 1.165) is 25.9 Å². The quantitative estimate of drug-likeness (QED) is 0.805. The summed E-state index contributed by atoms with van der Waals surface area (Å²) in [6.07, 6.45) is 1.96. The van der Waals surface area contributed by atoms with Crippen molar-refractivity contribution in [1.82, 2.24) is 19.1 Å². The number of fused-ring (bicyclic) bond motifs is 1. The van der Waals surface area contributed by atoms with Crippen molar-refractivity contribution in [2.75, 3.05) is 18.0 Å². The standard InChI is InChI=1S/C14H19N5O4/c1-8-3-5-18(6-4-8)13-15-11-10(19(13)7-9(20)21)12(22)16-14(23)17(11)2/h8H,3-7H2,1-2H3,(H,20,21)(H,16,22,23). The second-order valence-corrected chi connectivity index (χ2v) is 6.05. The maximum atomic E-state index is 12.2. The van der Waals surface area contributed by atoms with Gasteiger partial charge in [-0.3, -0.25) is 23.7 Å². The minimum absolute atomic E-state index is 0.114. The molecule has 0 aromatic carbocycles. The first kappa shape index (κ1) is 15.3. The van der Waals surface area contributed by atoms with Gasteiger partial charge >= 0.3 is 11.7 Å². The van der Waals surface area contributed by atoms with Crippen LogP contribution in [0.2, 0.25) is 0 Å². The monoisotopic (exact) mass is 321 g/mol. The van der Waals surface area contributed by atoms with E-state index in [1.165, 1.54) is 16.2 Å². The van der Waals surface area contributed by atoms with Crippen molar-refractivity contribution in [2.24, 2.45) is 13.0 Å². The number of carbonyl (C=O) groups is 1. The van der Waals surface area contributed by atoms with Gasteiger partial charge in [0.1, 0.15) is 6.54 Å². The Labute approximate surface area is 131 Å². The fourth-order valence-corrected chi connectivity index (χ4v) is 2.96. The number of nitrogens with one attached hydrogen (secondary N) is 1. The summed E-state index contributed by atoms with van der Waals surface area (Å²) in [5, 5.41) is 9.18. The van der Waals surface area contributed by atoms with Crippen molar-refractivity contribution in [3.05, 3.63) is 20.8 Å². The summed E-state index contributed by atoms with van der Waals surface area (Å²) in [4.78, 5) is 43.7. The van der Waals surface area contributed by atoms with E-state index in [4.69, 9.17) is 0 Å². The molecule has 124 valence electrons. The van der Waals surface area contributed by atoms with Gasteiger partial charge in [0.25, 0.3) is 5.56 Å². The van der Waals surface area contributed by atoms with E-state index in [-0.39, 0.29) is 17.7 Å². The predicted molar refractivity (Wildman–Crippen MR) is 83.8 cm³/mol. The number of carboxylic acids is 1. The van der Waals surface area contributed by atoms with Crippen LogP contribution in [-0.4, -0.2) is 43.3 Å². The summed E-state index contributed by atoms with van der Waals surface area (Å²) < 4.78 is 2.61. The zero-order valence-electron chi connectivity index (χ0n) is 13.1. The molecule has 2 aromatic heterocycles. The number of H-pyrrole nitrogens is 1. The van der Waals surface area contributed by atoms with E-state index in [0.29, 0.717) is 11.9 Å². The van der Waals surface area contributed by atoms with E-state index in [9.17, 15) is 19.5 Å². The molecule has 0 aliphatic carbocycles. The van der Waals surface area contributed by atoms with Gasteiger partial charge in [-0.1, -0.05) is 6.92 Å². The van der Waals surface area contributed by atoms with Crippen molar-refractivity contribution < 1.29 is 9.90 Å². The van der Waals surface area contributed by atoms with Crippen molar-refractivity contribution in [2.45, 2.75) is 26.3 Å². The van der Waals surface area contributed by atoms with Gasteiger partial charge in [-0.2, -0.15) is 4.98 Å². The highest BCUT2D eigenvalue weighted by molar-refractivity contribution is 5.78. The number of hydrogen-bond donors (Lipinski definition) is 2. The molecular formula is C14H19N5O4. The fourth-order valence-electron chi connectivity index (χ4n) is 2.96. The Kier molecular flexibility index (Phi) is 3.70. The number of anilines is 1. The molecule has 0 spiro atoms. The summed E-state index contributed by atoms with van der Waals surface area (Å²) >= 11 is 0. The fraction of sp³-hybridized carbons (Fsp3) is 0.571. The molecule has 3 heterocycles. The SMILES string of the molecule is CC1CCN(c2nc3c(c(=O)[nH]c(=O)n3C)n2CC(=O)O)CC1. The number of imidazole rings is 1. The van der Waals surface area contributed by atoms with Gasteiger partial charge in [-0.15, -0.1) is 0 Å². The topological polar surface area (TPSA) is 113 Å². The first-order valence-corrected chi connectivity index (χ1v) is 7.54. The van der Waals surface area contributed by atoms with Crippen LogP contribution >= 0.6 is 0 Å². The molecule has 0 atom stereocenters. The molecule has 9 heteroatoms. The Morgan fingerprint density at radius 2 is 2.00 bits per heavy atom. The second-order valence-electron chi connectivity index (χ2n) is 6.05. The third-order valence-electron chi connectivity index (χ3n) is 4.35. The zero-order valence-corrected chi connectivity index (χ0v) is 13.1. The molecule has 2 aromatic rings. The van der Waals surface area contributed by atoms with Crippen molar-refractivity contribution in [3.63, 3.8) is 0 Å². The van der Waals surface area contributed by atoms with Crippen LogP contribution in [0.3, 0.4) is 0 Å². The van der Waals surface area contributed by atoms with Crippen molar-refractivity contribution in [3.8, 4) is 0 Å². The van der Waals surface area contributed by atoms with Crippen molar-refractivity contribution >= 4 is 23.1 Å². The van der Waals surface area contributed by atoms with Crippen LogP contribution in [0.25, 0.3) is 11.2 Å². The summed E-state index contributed by atoms with van der Waals surface area (Å²) in [6, 6.07) is 0. The number of aromatic amines is 1. The van der Waals surface area contributed by atoms with Gasteiger partial charge in [-0.25, -0.2) is 4.79 Å². The van der Waals surface area contributed by atoms with E-state index in [1.54, 1.807) is 0 Å². The molecule has 0 amide bonds. The lowest BCUT2D eigenvalue weighted by molar-refractivity contribution is -0.137. The number of rotatable bonds is 3. The first-order valence-electron chi connectivity index (χ1n) is 7.54. The number of aromatic nitrogens is 4. The Morgan fingerprint density at radius 1 is 1.35 bits per heavy atom. The average molecular weight is 321 g/mol. The van der Waals surface area contributed by atoms with Crippen molar-refractivity contribution in [1.29, 1.82) is 0 Å². The number of nitrogens with zero attached hydrogens (tertiary/aromatic N) is 4. The summed E-state index contributed by atoms with van der Waals surface area (Å²) in [6.45, 7) is 3.29.